The largest absolute Gasteiger partial charge is 0.346 e. The molecule has 1 aromatic carbocycles. The number of pyridine rings is 1. The van der Waals surface area contributed by atoms with Crippen molar-refractivity contribution in [2.75, 3.05) is 13.1 Å². The Morgan fingerprint density at radius 1 is 1.22 bits per heavy atom. The van der Waals surface area contributed by atoms with Crippen molar-refractivity contribution in [3.05, 3.63) is 63.9 Å². The first-order valence-electron chi connectivity index (χ1n) is 9.25. The number of aryl methyl sites for hydroxylation is 1. The number of piperidine rings is 1. The Labute approximate surface area is 168 Å². The van der Waals surface area contributed by atoms with Crippen molar-refractivity contribution >= 4 is 40.1 Å². The second-order valence-electron chi connectivity index (χ2n) is 7.03. The number of aromatic amines is 1. The summed E-state index contributed by atoms with van der Waals surface area (Å²) < 4.78 is 0. The summed E-state index contributed by atoms with van der Waals surface area (Å²) in [5.41, 5.74) is 3.22. The molecule has 1 fully saturated rings. The van der Waals surface area contributed by atoms with Gasteiger partial charge in [0.2, 0.25) is 5.91 Å². The molecule has 1 N–H and O–H groups in total. The Morgan fingerprint density at radius 3 is 2.81 bits per heavy atom. The number of amides is 1. The third kappa shape index (κ3) is 3.97. The zero-order valence-corrected chi connectivity index (χ0v) is 16.4. The smallest absolute Gasteiger partial charge is 0.222 e. The Bertz CT molecular complexity index is 961. The third-order valence-electron chi connectivity index (χ3n) is 5.39. The van der Waals surface area contributed by atoms with Crippen LogP contribution in [0.4, 0.5) is 0 Å². The minimum Gasteiger partial charge on any atom is -0.346 e. The van der Waals surface area contributed by atoms with Crippen molar-refractivity contribution in [3.8, 4) is 0 Å². The Hall–Kier alpha value is -2.04. The number of halogens is 2. The number of fused-ring (bicyclic) bond motifs is 1. The van der Waals surface area contributed by atoms with Crippen LogP contribution in [0.5, 0.6) is 0 Å². The summed E-state index contributed by atoms with van der Waals surface area (Å²) in [6.45, 7) is 1.59. The molecule has 3 heterocycles. The van der Waals surface area contributed by atoms with E-state index in [9.17, 15) is 4.79 Å². The number of hydrogen-bond donors (Lipinski definition) is 1. The van der Waals surface area contributed by atoms with Crippen LogP contribution in [0.2, 0.25) is 10.0 Å². The van der Waals surface area contributed by atoms with Gasteiger partial charge in [0.05, 0.1) is 0 Å². The monoisotopic (exact) mass is 401 g/mol. The maximum Gasteiger partial charge on any atom is 0.222 e. The van der Waals surface area contributed by atoms with Crippen molar-refractivity contribution in [2.45, 2.75) is 31.6 Å². The maximum atomic E-state index is 12.6. The fraction of sp³-hybridized carbons (Fsp3) is 0.333. The van der Waals surface area contributed by atoms with Crippen LogP contribution >= 0.6 is 23.2 Å². The van der Waals surface area contributed by atoms with E-state index in [2.05, 4.69) is 22.2 Å². The lowest BCUT2D eigenvalue weighted by molar-refractivity contribution is -0.132. The summed E-state index contributed by atoms with van der Waals surface area (Å²) in [6.07, 6.45) is 6.95. The average Bonchev–Trinajstić information content (AvgIpc) is 3.11. The topological polar surface area (TPSA) is 49.0 Å². The van der Waals surface area contributed by atoms with Crippen molar-refractivity contribution < 1.29 is 4.79 Å². The molecule has 27 heavy (non-hydrogen) atoms. The van der Waals surface area contributed by atoms with E-state index in [-0.39, 0.29) is 5.91 Å². The molecule has 0 saturated carbocycles. The number of carbonyl (C=O) groups excluding carboxylic acids is 1. The molecule has 4 nitrogen and oxygen atoms in total. The van der Waals surface area contributed by atoms with Crippen LogP contribution in [0.15, 0.2) is 42.7 Å². The molecule has 0 unspecified atom stereocenters. The number of aromatic nitrogens is 2. The molecule has 4 rings (SSSR count). The molecule has 0 spiro atoms. The van der Waals surface area contributed by atoms with E-state index in [1.807, 2.05) is 23.1 Å². The molecule has 0 aliphatic carbocycles. The van der Waals surface area contributed by atoms with Crippen LogP contribution in [-0.2, 0) is 11.2 Å². The molecule has 1 aliphatic rings. The predicted molar refractivity (Wildman–Crippen MR) is 109 cm³/mol. The van der Waals surface area contributed by atoms with Gasteiger partial charge in [0, 0.05) is 47.3 Å². The minimum absolute atomic E-state index is 0.195. The normalized spacial score (nSPS) is 15.4. The summed E-state index contributed by atoms with van der Waals surface area (Å²) in [5, 5.41) is 2.44. The highest BCUT2D eigenvalue weighted by Gasteiger charge is 2.25. The van der Waals surface area contributed by atoms with Gasteiger partial charge in [0.25, 0.3) is 0 Å². The van der Waals surface area contributed by atoms with E-state index in [0.717, 1.165) is 37.1 Å². The van der Waals surface area contributed by atoms with Crippen LogP contribution in [0.25, 0.3) is 11.0 Å². The van der Waals surface area contributed by atoms with E-state index < -0.39 is 0 Å². The molecule has 2 aromatic heterocycles. The lowest BCUT2D eigenvalue weighted by Gasteiger charge is -2.32. The van der Waals surface area contributed by atoms with Gasteiger partial charge in [-0.1, -0.05) is 29.3 Å². The molecular formula is C21H21Cl2N3O. The van der Waals surface area contributed by atoms with Gasteiger partial charge in [-0.3, -0.25) is 4.79 Å². The fourth-order valence-corrected chi connectivity index (χ4v) is 4.38. The highest BCUT2D eigenvalue weighted by Crippen LogP contribution is 2.32. The number of likely N-dealkylation sites (tertiary alicyclic amines) is 1. The average molecular weight is 402 g/mol. The summed E-state index contributed by atoms with van der Waals surface area (Å²) in [4.78, 5) is 22.2. The summed E-state index contributed by atoms with van der Waals surface area (Å²) >= 11 is 12.1. The Morgan fingerprint density at radius 2 is 2.04 bits per heavy atom. The second kappa shape index (κ2) is 7.91. The molecule has 1 saturated heterocycles. The first-order valence-corrected chi connectivity index (χ1v) is 10.0. The van der Waals surface area contributed by atoms with Gasteiger partial charge in [0.15, 0.2) is 0 Å². The number of hydrogen-bond acceptors (Lipinski definition) is 2. The van der Waals surface area contributed by atoms with Crippen molar-refractivity contribution in [2.24, 2.45) is 0 Å². The number of nitrogens with one attached hydrogen (secondary N) is 1. The molecule has 0 radical (unpaired) electrons. The molecule has 0 atom stereocenters. The van der Waals surface area contributed by atoms with E-state index in [4.69, 9.17) is 23.2 Å². The van der Waals surface area contributed by atoms with Gasteiger partial charge in [-0.15, -0.1) is 0 Å². The Kier molecular flexibility index (Phi) is 5.37. The van der Waals surface area contributed by atoms with Crippen LogP contribution < -0.4 is 0 Å². The minimum atomic E-state index is 0.195. The van der Waals surface area contributed by atoms with E-state index >= 15 is 0 Å². The SMILES string of the molecule is O=C(CCc1ccc(Cl)cc1Cl)N1CCC(c2c[nH]c3ncccc23)CC1. The van der Waals surface area contributed by atoms with Crippen molar-refractivity contribution in [3.63, 3.8) is 0 Å². The van der Waals surface area contributed by atoms with Crippen molar-refractivity contribution in [1.29, 1.82) is 0 Å². The maximum absolute atomic E-state index is 12.6. The summed E-state index contributed by atoms with van der Waals surface area (Å²) in [7, 11) is 0. The molecular weight excluding hydrogens is 381 g/mol. The lowest BCUT2D eigenvalue weighted by atomic mass is 9.89. The third-order valence-corrected chi connectivity index (χ3v) is 5.98. The molecule has 1 amide bonds. The van der Waals surface area contributed by atoms with Crippen LogP contribution in [0.3, 0.4) is 0 Å². The van der Waals surface area contributed by atoms with Crippen LogP contribution in [-0.4, -0.2) is 33.9 Å². The highest BCUT2D eigenvalue weighted by atomic mass is 35.5. The molecule has 1 aliphatic heterocycles. The number of carbonyl (C=O) groups is 1. The molecule has 0 bridgehead atoms. The summed E-state index contributed by atoms with van der Waals surface area (Å²) in [5.74, 6) is 0.665. The molecule has 3 aromatic rings. The number of nitrogens with zero attached hydrogens (tertiary/aromatic N) is 2. The standard InChI is InChI=1S/C21H21Cl2N3O/c22-16-5-3-15(19(23)12-16)4-6-20(27)26-10-7-14(8-11-26)18-13-25-21-17(18)2-1-9-24-21/h1-3,5,9,12-14H,4,6-8,10-11H2,(H,24,25). The zero-order chi connectivity index (χ0) is 18.8. The van der Waals surface area contributed by atoms with Gasteiger partial charge < -0.3 is 9.88 Å². The molecule has 6 heteroatoms. The molecule has 140 valence electrons. The van der Waals surface area contributed by atoms with Crippen molar-refractivity contribution in [1.82, 2.24) is 14.9 Å². The fourth-order valence-electron chi connectivity index (χ4n) is 3.88. The van der Waals surface area contributed by atoms with Gasteiger partial charge in [-0.2, -0.15) is 0 Å². The first-order chi connectivity index (χ1) is 13.1. The Balaban J connectivity index is 1.34. The highest BCUT2D eigenvalue weighted by molar-refractivity contribution is 6.35. The second-order valence-corrected chi connectivity index (χ2v) is 7.88. The van der Waals surface area contributed by atoms with E-state index in [0.29, 0.717) is 28.8 Å². The quantitative estimate of drug-likeness (QED) is 0.652. The van der Waals surface area contributed by atoms with Gasteiger partial charge in [0.1, 0.15) is 5.65 Å². The first kappa shape index (κ1) is 18.3. The zero-order valence-electron chi connectivity index (χ0n) is 14.9. The van der Waals surface area contributed by atoms with E-state index in [1.54, 1.807) is 12.3 Å². The number of rotatable bonds is 4. The number of H-pyrrole nitrogens is 1. The lowest BCUT2D eigenvalue weighted by Crippen LogP contribution is -2.38. The van der Waals surface area contributed by atoms with Crippen LogP contribution in [0.1, 0.15) is 36.3 Å². The summed E-state index contributed by atoms with van der Waals surface area (Å²) in [6, 6.07) is 9.52. The van der Waals surface area contributed by atoms with Gasteiger partial charge >= 0.3 is 0 Å². The van der Waals surface area contributed by atoms with E-state index in [1.165, 1.54) is 10.9 Å². The van der Waals surface area contributed by atoms with Gasteiger partial charge in [-0.05, 0) is 60.6 Å². The predicted octanol–water partition coefficient (Wildman–Crippen LogP) is 5.21. The van der Waals surface area contributed by atoms with Crippen LogP contribution in [0, 0.1) is 0 Å². The number of benzene rings is 1. The van der Waals surface area contributed by atoms with Gasteiger partial charge in [-0.25, -0.2) is 4.98 Å².